The Morgan fingerprint density at radius 1 is 0.913 bits per heavy atom. The van der Waals surface area contributed by atoms with Crippen molar-refractivity contribution in [2.75, 3.05) is 0 Å². The van der Waals surface area contributed by atoms with Gasteiger partial charge in [-0.1, -0.05) is 41.4 Å². The Hall–Kier alpha value is -2.50. The lowest BCUT2D eigenvalue weighted by molar-refractivity contribution is 0.0832. The number of rotatable bonds is 2. The van der Waals surface area contributed by atoms with E-state index < -0.39 is 11.8 Å². The van der Waals surface area contributed by atoms with Gasteiger partial charge in [0.25, 0.3) is 5.91 Å². The topological polar surface area (TPSA) is 71.3 Å². The molecule has 1 aromatic heterocycles. The molecule has 0 bridgehead atoms. The smallest absolute Gasteiger partial charge is 0.305 e. The third kappa shape index (κ3) is 3.31. The monoisotopic (exact) mass is 348 g/mol. The van der Waals surface area contributed by atoms with Crippen LogP contribution in [0.15, 0.2) is 52.9 Å². The summed E-state index contributed by atoms with van der Waals surface area (Å²) in [5.74, 6) is -1.07. The number of fused-ring (bicyclic) bond motifs is 1. The number of amides is 2. The van der Waals surface area contributed by atoms with E-state index in [9.17, 15) is 9.59 Å². The fourth-order valence-corrected chi connectivity index (χ4v) is 2.38. The van der Waals surface area contributed by atoms with Crippen LogP contribution in [0.4, 0.5) is 0 Å². The third-order valence-electron chi connectivity index (χ3n) is 3.11. The Balaban J connectivity index is 1.71. The Bertz CT molecular complexity index is 872. The van der Waals surface area contributed by atoms with Crippen LogP contribution in [-0.4, -0.2) is 11.8 Å². The summed E-state index contributed by atoms with van der Waals surface area (Å²) in [7, 11) is 0. The lowest BCUT2D eigenvalue weighted by Gasteiger charge is -2.07. The van der Waals surface area contributed by atoms with Crippen molar-refractivity contribution in [2.45, 2.75) is 0 Å². The summed E-state index contributed by atoms with van der Waals surface area (Å²) in [5.41, 5.74) is 5.28. The Labute approximate surface area is 141 Å². The normalized spacial score (nSPS) is 10.5. The SMILES string of the molecule is O=C(NNC(=O)c1cc(Cl)ccc1Cl)c1cc2ccccc2o1. The summed E-state index contributed by atoms with van der Waals surface area (Å²) in [6.45, 7) is 0. The summed E-state index contributed by atoms with van der Waals surface area (Å²) in [6, 6.07) is 13.3. The molecule has 0 spiro atoms. The molecule has 2 amide bonds. The molecule has 2 N–H and O–H groups in total. The number of hydrazine groups is 1. The lowest BCUT2D eigenvalue weighted by atomic mass is 10.2. The molecular weight excluding hydrogens is 339 g/mol. The van der Waals surface area contributed by atoms with E-state index in [0.717, 1.165) is 5.39 Å². The number of halogens is 2. The Kier molecular flexibility index (Phi) is 4.23. The van der Waals surface area contributed by atoms with Crippen molar-refractivity contribution in [3.8, 4) is 0 Å². The predicted octanol–water partition coefficient (Wildman–Crippen LogP) is 3.81. The quantitative estimate of drug-likeness (QED) is 0.691. The first-order chi connectivity index (χ1) is 11.0. The number of furan rings is 1. The highest BCUT2D eigenvalue weighted by molar-refractivity contribution is 6.35. The van der Waals surface area contributed by atoms with Gasteiger partial charge in [-0.2, -0.15) is 0 Å². The van der Waals surface area contributed by atoms with Crippen molar-refractivity contribution in [1.29, 1.82) is 0 Å². The maximum atomic E-state index is 12.0. The van der Waals surface area contributed by atoms with Gasteiger partial charge in [0.1, 0.15) is 5.58 Å². The summed E-state index contributed by atoms with van der Waals surface area (Å²) < 4.78 is 5.40. The molecule has 1 heterocycles. The first-order valence-corrected chi connectivity index (χ1v) is 7.34. The highest BCUT2D eigenvalue weighted by atomic mass is 35.5. The van der Waals surface area contributed by atoms with Gasteiger partial charge in [0.2, 0.25) is 0 Å². The number of carbonyl (C=O) groups excluding carboxylic acids is 2. The minimum Gasteiger partial charge on any atom is -0.451 e. The lowest BCUT2D eigenvalue weighted by Crippen LogP contribution is -2.41. The van der Waals surface area contributed by atoms with Crippen molar-refractivity contribution < 1.29 is 14.0 Å². The van der Waals surface area contributed by atoms with Gasteiger partial charge in [0.05, 0.1) is 10.6 Å². The molecule has 2 aromatic carbocycles. The second kappa shape index (κ2) is 6.32. The molecule has 116 valence electrons. The van der Waals surface area contributed by atoms with E-state index in [2.05, 4.69) is 10.9 Å². The van der Waals surface area contributed by atoms with E-state index in [-0.39, 0.29) is 16.3 Å². The van der Waals surface area contributed by atoms with Crippen LogP contribution in [0, 0.1) is 0 Å². The second-order valence-electron chi connectivity index (χ2n) is 4.68. The van der Waals surface area contributed by atoms with Crippen LogP contribution in [0.5, 0.6) is 0 Å². The summed E-state index contributed by atoms with van der Waals surface area (Å²) in [6.07, 6.45) is 0. The van der Waals surface area contributed by atoms with E-state index >= 15 is 0 Å². The molecule has 0 aliphatic carbocycles. The third-order valence-corrected chi connectivity index (χ3v) is 3.68. The van der Waals surface area contributed by atoms with E-state index in [1.54, 1.807) is 24.3 Å². The molecule has 0 radical (unpaired) electrons. The average Bonchev–Trinajstić information content (AvgIpc) is 2.98. The fourth-order valence-electron chi connectivity index (χ4n) is 2.01. The number of carbonyl (C=O) groups is 2. The minimum absolute atomic E-state index is 0.0868. The highest BCUT2D eigenvalue weighted by Crippen LogP contribution is 2.20. The van der Waals surface area contributed by atoms with E-state index in [1.165, 1.54) is 12.1 Å². The van der Waals surface area contributed by atoms with Crippen LogP contribution in [-0.2, 0) is 0 Å². The molecule has 0 aliphatic heterocycles. The van der Waals surface area contributed by atoms with Crippen LogP contribution in [0.1, 0.15) is 20.9 Å². The average molecular weight is 349 g/mol. The van der Waals surface area contributed by atoms with Crippen LogP contribution in [0.25, 0.3) is 11.0 Å². The molecule has 0 atom stereocenters. The zero-order valence-electron chi connectivity index (χ0n) is 11.6. The van der Waals surface area contributed by atoms with Gasteiger partial charge >= 0.3 is 5.91 Å². The standard InChI is InChI=1S/C16H10Cl2N2O3/c17-10-5-6-12(18)11(8-10)15(21)19-20-16(22)14-7-9-3-1-2-4-13(9)23-14/h1-8H,(H,19,21)(H,20,22). The first-order valence-electron chi connectivity index (χ1n) is 6.59. The van der Waals surface area contributed by atoms with Crippen LogP contribution < -0.4 is 10.9 Å². The fraction of sp³-hybridized carbons (Fsp3) is 0. The molecule has 0 fully saturated rings. The second-order valence-corrected chi connectivity index (χ2v) is 5.52. The molecule has 0 saturated heterocycles. The maximum Gasteiger partial charge on any atom is 0.305 e. The van der Waals surface area contributed by atoms with Crippen LogP contribution in [0.2, 0.25) is 10.0 Å². The van der Waals surface area contributed by atoms with E-state index in [4.69, 9.17) is 27.6 Å². The van der Waals surface area contributed by atoms with Crippen molar-refractivity contribution in [2.24, 2.45) is 0 Å². The van der Waals surface area contributed by atoms with Gasteiger partial charge in [-0.25, -0.2) is 0 Å². The van der Waals surface area contributed by atoms with Crippen molar-refractivity contribution in [3.05, 3.63) is 69.9 Å². The van der Waals surface area contributed by atoms with Crippen molar-refractivity contribution in [3.63, 3.8) is 0 Å². The van der Waals surface area contributed by atoms with Crippen molar-refractivity contribution >= 4 is 46.0 Å². The highest BCUT2D eigenvalue weighted by Gasteiger charge is 2.15. The maximum absolute atomic E-state index is 12.0. The number of nitrogens with one attached hydrogen (secondary N) is 2. The molecule has 5 nitrogen and oxygen atoms in total. The molecule has 3 aromatic rings. The number of benzene rings is 2. The van der Waals surface area contributed by atoms with Gasteiger partial charge < -0.3 is 4.42 Å². The largest absolute Gasteiger partial charge is 0.451 e. The first kappa shape index (κ1) is 15.4. The predicted molar refractivity (Wildman–Crippen MR) is 87.6 cm³/mol. The Morgan fingerprint density at radius 3 is 2.43 bits per heavy atom. The molecular formula is C16H10Cl2N2O3. The van der Waals surface area contributed by atoms with Crippen LogP contribution in [0.3, 0.4) is 0 Å². The van der Waals surface area contributed by atoms with E-state index in [0.29, 0.717) is 10.6 Å². The molecule has 0 saturated carbocycles. The van der Waals surface area contributed by atoms with Gasteiger partial charge in [-0.15, -0.1) is 0 Å². The van der Waals surface area contributed by atoms with Gasteiger partial charge in [0.15, 0.2) is 5.76 Å². The number of hydrogen-bond donors (Lipinski definition) is 2. The van der Waals surface area contributed by atoms with Crippen LogP contribution >= 0.6 is 23.2 Å². The zero-order valence-corrected chi connectivity index (χ0v) is 13.1. The molecule has 0 unspecified atom stereocenters. The van der Waals surface area contributed by atoms with Gasteiger partial charge in [0, 0.05) is 10.4 Å². The van der Waals surface area contributed by atoms with Gasteiger partial charge in [-0.05, 0) is 30.3 Å². The molecule has 23 heavy (non-hydrogen) atoms. The zero-order chi connectivity index (χ0) is 16.4. The summed E-state index contributed by atoms with van der Waals surface area (Å²) in [4.78, 5) is 24.0. The van der Waals surface area contributed by atoms with Gasteiger partial charge in [-0.3, -0.25) is 20.4 Å². The molecule has 7 heteroatoms. The minimum atomic E-state index is -0.582. The molecule has 3 rings (SSSR count). The number of hydrogen-bond acceptors (Lipinski definition) is 3. The summed E-state index contributed by atoms with van der Waals surface area (Å²) >= 11 is 11.7. The van der Waals surface area contributed by atoms with E-state index in [1.807, 2.05) is 12.1 Å². The van der Waals surface area contributed by atoms with Crippen molar-refractivity contribution in [1.82, 2.24) is 10.9 Å². The molecule has 0 aliphatic rings. The Morgan fingerprint density at radius 2 is 1.65 bits per heavy atom. The number of para-hydroxylation sites is 1. The summed E-state index contributed by atoms with van der Waals surface area (Å²) in [5, 5.41) is 1.38.